The first-order chi connectivity index (χ1) is 15.6. The topological polar surface area (TPSA) is 88.1 Å². The van der Waals surface area contributed by atoms with Crippen LogP contribution >= 0.6 is 0 Å². The lowest BCUT2D eigenvalue weighted by molar-refractivity contribution is -0.130. The summed E-state index contributed by atoms with van der Waals surface area (Å²) in [5.41, 5.74) is 2.17. The van der Waals surface area contributed by atoms with Gasteiger partial charge >= 0.3 is 6.09 Å². The van der Waals surface area contributed by atoms with Gasteiger partial charge in [-0.05, 0) is 62.9 Å². The van der Waals surface area contributed by atoms with Gasteiger partial charge < -0.3 is 24.8 Å². The molecule has 0 saturated carbocycles. The highest BCUT2D eigenvalue weighted by molar-refractivity contribution is 5.79. The second-order valence-electron chi connectivity index (χ2n) is 9.36. The fraction of sp³-hybridized carbons (Fsp3) is 0.462. The smallest absolute Gasteiger partial charge is 0.407 e. The summed E-state index contributed by atoms with van der Waals surface area (Å²) < 4.78 is 11.1. The number of carbonyl (C=O) groups excluding carboxylic acids is 2. The van der Waals surface area contributed by atoms with Crippen LogP contribution in [0, 0.1) is 6.92 Å². The molecule has 178 valence electrons. The lowest BCUT2D eigenvalue weighted by Crippen LogP contribution is -2.43. The van der Waals surface area contributed by atoms with Crippen LogP contribution in [-0.2, 0) is 16.1 Å². The van der Waals surface area contributed by atoms with Gasteiger partial charge in [0.25, 0.3) is 0 Å². The summed E-state index contributed by atoms with van der Waals surface area (Å²) in [4.78, 5) is 26.0. The van der Waals surface area contributed by atoms with Crippen molar-refractivity contribution in [3.63, 3.8) is 0 Å². The minimum atomic E-state index is -0.818. The summed E-state index contributed by atoms with van der Waals surface area (Å²) in [7, 11) is 0. The van der Waals surface area contributed by atoms with Crippen molar-refractivity contribution in [2.45, 2.75) is 64.9 Å². The molecule has 2 aromatic carbocycles. The first kappa shape index (κ1) is 24.6. The Morgan fingerprint density at radius 1 is 1.21 bits per heavy atom. The zero-order valence-corrected chi connectivity index (χ0v) is 19.8. The van der Waals surface area contributed by atoms with E-state index in [2.05, 4.69) is 5.32 Å². The van der Waals surface area contributed by atoms with Crippen LogP contribution in [0.15, 0.2) is 48.5 Å². The Labute approximate surface area is 195 Å². The largest absolute Gasteiger partial charge is 0.489 e. The number of hydrogen-bond acceptors (Lipinski definition) is 5. The molecule has 0 bridgehead atoms. The van der Waals surface area contributed by atoms with E-state index >= 15 is 0 Å². The molecule has 1 aliphatic heterocycles. The normalized spacial score (nSPS) is 17.1. The molecule has 1 fully saturated rings. The number of benzene rings is 2. The molecular weight excluding hydrogens is 420 g/mol. The molecule has 7 heteroatoms. The average molecular weight is 455 g/mol. The Balaban J connectivity index is 1.59. The van der Waals surface area contributed by atoms with Gasteiger partial charge in [0.1, 0.15) is 18.0 Å². The highest BCUT2D eigenvalue weighted by atomic mass is 16.6. The molecule has 1 unspecified atom stereocenters. The molecule has 1 heterocycles. The molecule has 0 aromatic heterocycles. The van der Waals surface area contributed by atoms with Crippen LogP contribution in [0.5, 0.6) is 5.75 Å². The number of nitrogens with zero attached hydrogens (tertiary/aromatic N) is 1. The van der Waals surface area contributed by atoms with Crippen molar-refractivity contribution in [2.75, 3.05) is 13.1 Å². The molecule has 1 aliphatic rings. The van der Waals surface area contributed by atoms with Crippen LogP contribution in [0.3, 0.4) is 0 Å². The van der Waals surface area contributed by atoms with Crippen LogP contribution in [-0.4, -0.2) is 46.7 Å². The van der Waals surface area contributed by atoms with Crippen LogP contribution in [0.1, 0.15) is 56.4 Å². The van der Waals surface area contributed by atoms with E-state index in [-0.39, 0.29) is 18.5 Å². The molecule has 3 rings (SSSR count). The number of alkyl carbamates (subject to hydrolysis) is 1. The molecule has 33 heavy (non-hydrogen) atoms. The molecular formula is C26H34N2O5. The molecule has 0 radical (unpaired) electrons. The number of nitrogens with one attached hydrogen (secondary N) is 1. The third kappa shape index (κ3) is 6.96. The van der Waals surface area contributed by atoms with E-state index in [0.29, 0.717) is 26.0 Å². The number of aliphatic hydroxyl groups is 1. The van der Waals surface area contributed by atoms with E-state index in [1.807, 2.05) is 55.5 Å². The SMILES string of the molecule is Cc1cc(OCc2ccccc2)ccc1[C@@H](O)C1CCC(=O)N1CCNC(=O)OC(C)(C)C. The number of amides is 2. The van der Waals surface area contributed by atoms with Crippen molar-refractivity contribution in [3.05, 3.63) is 65.2 Å². The van der Waals surface area contributed by atoms with Crippen molar-refractivity contribution in [3.8, 4) is 5.75 Å². The lowest BCUT2D eigenvalue weighted by atomic mass is 9.96. The van der Waals surface area contributed by atoms with Gasteiger partial charge in [0.2, 0.25) is 5.91 Å². The van der Waals surface area contributed by atoms with E-state index in [0.717, 1.165) is 22.4 Å². The summed E-state index contributed by atoms with van der Waals surface area (Å²) in [6, 6.07) is 15.2. The first-order valence-corrected chi connectivity index (χ1v) is 11.4. The number of ether oxygens (including phenoxy) is 2. The molecule has 2 atom stereocenters. The minimum Gasteiger partial charge on any atom is -0.489 e. The molecule has 2 amide bonds. The summed E-state index contributed by atoms with van der Waals surface area (Å²) in [5, 5.41) is 13.8. The third-order valence-electron chi connectivity index (χ3n) is 5.57. The summed E-state index contributed by atoms with van der Waals surface area (Å²) >= 11 is 0. The molecule has 1 saturated heterocycles. The van der Waals surface area contributed by atoms with Gasteiger partial charge in [-0.2, -0.15) is 0 Å². The predicted molar refractivity (Wildman–Crippen MR) is 126 cm³/mol. The van der Waals surface area contributed by atoms with Crippen LogP contribution < -0.4 is 10.1 Å². The van der Waals surface area contributed by atoms with Gasteiger partial charge in [-0.25, -0.2) is 4.79 Å². The first-order valence-electron chi connectivity index (χ1n) is 11.4. The maximum absolute atomic E-state index is 12.4. The molecule has 0 aliphatic carbocycles. The summed E-state index contributed by atoms with van der Waals surface area (Å²) in [6.07, 6.45) is -0.391. The standard InChI is InChI=1S/C26H34N2O5/c1-18-16-20(32-17-19-8-6-5-7-9-19)10-11-21(18)24(30)22-12-13-23(29)28(22)15-14-27-25(31)33-26(2,3)4/h5-11,16,22,24,30H,12-15,17H2,1-4H3,(H,27,31)/t22?,24-/m1/s1. The molecule has 2 aromatic rings. The Morgan fingerprint density at radius 2 is 1.94 bits per heavy atom. The maximum Gasteiger partial charge on any atom is 0.407 e. The summed E-state index contributed by atoms with van der Waals surface area (Å²) in [5.74, 6) is 0.707. The van der Waals surface area contributed by atoms with E-state index in [9.17, 15) is 14.7 Å². The highest BCUT2D eigenvalue weighted by Crippen LogP contribution is 2.33. The number of carbonyl (C=O) groups is 2. The predicted octanol–water partition coefficient (Wildman–Crippen LogP) is 4.12. The van der Waals surface area contributed by atoms with Crippen molar-refractivity contribution in [1.29, 1.82) is 0 Å². The monoisotopic (exact) mass is 454 g/mol. The van der Waals surface area contributed by atoms with Crippen molar-refractivity contribution >= 4 is 12.0 Å². The Bertz CT molecular complexity index is 955. The van der Waals surface area contributed by atoms with Crippen LogP contribution in [0.4, 0.5) is 4.79 Å². The maximum atomic E-state index is 12.4. The average Bonchev–Trinajstić information content (AvgIpc) is 3.12. The van der Waals surface area contributed by atoms with Gasteiger partial charge in [0.05, 0.1) is 12.1 Å². The molecule has 0 spiro atoms. The lowest BCUT2D eigenvalue weighted by Gasteiger charge is -2.30. The Kier molecular flexibility index (Phi) is 7.97. The molecule has 2 N–H and O–H groups in total. The number of aryl methyl sites for hydroxylation is 1. The number of likely N-dealkylation sites (tertiary alicyclic amines) is 1. The van der Waals surface area contributed by atoms with Gasteiger partial charge in [-0.3, -0.25) is 4.79 Å². The van der Waals surface area contributed by atoms with Gasteiger partial charge in [0.15, 0.2) is 0 Å². The highest BCUT2D eigenvalue weighted by Gasteiger charge is 2.36. The number of aliphatic hydroxyl groups excluding tert-OH is 1. The van der Waals surface area contributed by atoms with Crippen molar-refractivity contribution in [2.24, 2.45) is 0 Å². The van der Waals surface area contributed by atoms with Gasteiger partial charge in [-0.1, -0.05) is 36.4 Å². The number of hydrogen-bond donors (Lipinski definition) is 2. The van der Waals surface area contributed by atoms with E-state index < -0.39 is 17.8 Å². The van der Waals surface area contributed by atoms with Crippen LogP contribution in [0.2, 0.25) is 0 Å². The van der Waals surface area contributed by atoms with Gasteiger partial charge in [-0.15, -0.1) is 0 Å². The van der Waals surface area contributed by atoms with Crippen molar-refractivity contribution in [1.82, 2.24) is 10.2 Å². The minimum absolute atomic E-state index is 0.0227. The number of rotatable bonds is 8. The summed E-state index contributed by atoms with van der Waals surface area (Å²) in [6.45, 7) is 8.36. The van der Waals surface area contributed by atoms with Crippen molar-refractivity contribution < 1.29 is 24.2 Å². The van der Waals surface area contributed by atoms with Crippen LogP contribution in [0.25, 0.3) is 0 Å². The van der Waals surface area contributed by atoms with Gasteiger partial charge in [0, 0.05) is 19.5 Å². The Morgan fingerprint density at radius 3 is 2.61 bits per heavy atom. The second kappa shape index (κ2) is 10.7. The van der Waals surface area contributed by atoms with E-state index in [4.69, 9.17) is 9.47 Å². The Hall–Kier alpha value is -3.06. The zero-order valence-electron chi connectivity index (χ0n) is 19.8. The van der Waals surface area contributed by atoms with E-state index in [1.54, 1.807) is 25.7 Å². The second-order valence-corrected chi connectivity index (χ2v) is 9.36. The fourth-order valence-electron chi connectivity index (χ4n) is 3.99. The fourth-order valence-corrected chi connectivity index (χ4v) is 3.99. The zero-order chi connectivity index (χ0) is 24.0. The third-order valence-corrected chi connectivity index (χ3v) is 5.57. The van der Waals surface area contributed by atoms with E-state index in [1.165, 1.54) is 0 Å². The quantitative estimate of drug-likeness (QED) is 0.626. The molecule has 7 nitrogen and oxygen atoms in total.